The molecule has 0 aliphatic carbocycles. The van der Waals surface area contributed by atoms with Crippen molar-refractivity contribution in [3.63, 3.8) is 0 Å². The Morgan fingerprint density at radius 2 is 1.05 bits per heavy atom. The van der Waals surface area contributed by atoms with E-state index in [0.717, 1.165) is 39.7 Å². The SMILES string of the molecule is COCOc1ccc(-c2ccc3c(OC)nn(C)c3c2)cc1OC.COc1ccc(CP(Br)(c2ccccc2)(c2ccccc2)c2ccccc2)cc1OC. The summed E-state index contributed by atoms with van der Waals surface area (Å²) in [6.07, 6.45) is 0.810. The van der Waals surface area contributed by atoms with Gasteiger partial charge in [-0.25, -0.2) is 0 Å². The maximum absolute atomic E-state index is 5.62. The minimum absolute atomic E-state index is 0.177. The van der Waals surface area contributed by atoms with Crippen LogP contribution in [0.2, 0.25) is 0 Å². The van der Waals surface area contributed by atoms with Gasteiger partial charge in [-0.2, -0.15) is 0 Å². The summed E-state index contributed by atoms with van der Waals surface area (Å²) in [5.41, 5.74) is 4.27. The van der Waals surface area contributed by atoms with Crippen molar-refractivity contribution in [1.29, 1.82) is 0 Å². The van der Waals surface area contributed by atoms with Crippen molar-refractivity contribution in [2.75, 3.05) is 42.3 Å². The maximum atomic E-state index is 5.62. The Hall–Kier alpha value is -5.34. The van der Waals surface area contributed by atoms with Gasteiger partial charge in [-0.05, 0) is 35.4 Å². The number of rotatable bonds is 13. The summed E-state index contributed by atoms with van der Waals surface area (Å²) in [6, 6.07) is 50.6. The molecule has 0 saturated carbocycles. The molecule has 0 aliphatic heterocycles. The Morgan fingerprint density at radius 1 is 0.545 bits per heavy atom. The van der Waals surface area contributed by atoms with Crippen LogP contribution in [0, 0.1) is 0 Å². The minimum atomic E-state index is -3.03. The topological polar surface area (TPSA) is 73.2 Å². The number of hydrogen-bond acceptors (Lipinski definition) is 7. The summed E-state index contributed by atoms with van der Waals surface area (Å²) in [5.74, 6) is 3.41. The number of methoxy groups -OCH3 is 5. The number of aromatic nitrogens is 2. The predicted molar refractivity (Wildman–Crippen MR) is 229 cm³/mol. The van der Waals surface area contributed by atoms with Crippen molar-refractivity contribution in [3.8, 4) is 40.0 Å². The second-order valence-electron chi connectivity index (χ2n) is 12.8. The third-order valence-electron chi connectivity index (χ3n) is 9.65. The first-order chi connectivity index (χ1) is 26.8. The molecule has 0 unspecified atom stereocenters. The predicted octanol–water partition coefficient (Wildman–Crippen LogP) is 9.28. The molecule has 1 aromatic heterocycles. The van der Waals surface area contributed by atoms with E-state index < -0.39 is 5.31 Å². The molecule has 6 aromatic carbocycles. The number of aryl methyl sites for hydroxylation is 1. The van der Waals surface area contributed by atoms with Gasteiger partial charge >= 0.3 is 193 Å². The third kappa shape index (κ3) is 7.92. The number of nitrogens with zero attached hydrogens (tertiary/aromatic N) is 2. The number of hydrogen-bond donors (Lipinski definition) is 0. The summed E-state index contributed by atoms with van der Waals surface area (Å²) < 4.78 is 34.1. The Labute approximate surface area is 331 Å². The molecule has 0 aliphatic rings. The van der Waals surface area contributed by atoms with Crippen LogP contribution in [0.1, 0.15) is 5.56 Å². The van der Waals surface area contributed by atoms with Crippen molar-refractivity contribution in [2.24, 2.45) is 7.05 Å². The first-order valence-electron chi connectivity index (χ1n) is 17.7. The average molecular weight is 822 g/mol. The van der Waals surface area contributed by atoms with E-state index in [4.69, 9.17) is 28.4 Å². The van der Waals surface area contributed by atoms with Crippen LogP contribution in [0.4, 0.5) is 0 Å². The second kappa shape index (κ2) is 17.4. The Kier molecular flexibility index (Phi) is 12.5. The van der Waals surface area contributed by atoms with E-state index in [2.05, 4.69) is 130 Å². The van der Waals surface area contributed by atoms with Gasteiger partial charge in [-0.15, -0.1) is 5.10 Å². The molecule has 55 heavy (non-hydrogen) atoms. The van der Waals surface area contributed by atoms with Crippen molar-refractivity contribution in [2.45, 2.75) is 6.16 Å². The Bertz CT molecular complexity index is 2240. The van der Waals surface area contributed by atoms with E-state index in [9.17, 15) is 0 Å². The van der Waals surface area contributed by atoms with Crippen LogP contribution in [0.15, 0.2) is 146 Å². The quantitative estimate of drug-likeness (QED) is 0.0849. The van der Waals surface area contributed by atoms with Gasteiger partial charge in [0.15, 0.2) is 18.3 Å². The molecule has 7 rings (SSSR count). The molecule has 0 saturated heterocycles. The molecule has 1 heterocycles. The zero-order valence-electron chi connectivity index (χ0n) is 31.9. The summed E-state index contributed by atoms with van der Waals surface area (Å²) in [7, 11) is 10.1. The fraction of sp³-hybridized carbons (Fsp3) is 0.178. The monoisotopic (exact) mass is 820 g/mol. The molecule has 10 heteroatoms. The van der Waals surface area contributed by atoms with Gasteiger partial charge < -0.3 is 18.9 Å². The Morgan fingerprint density at radius 3 is 1.58 bits per heavy atom. The fourth-order valence-electron chi connectivity index (χ4n) is 6.90. The van der Waals surface area contributed by atoms with Gasteiger partial charge in [0.1, 0.15) is 0 Å². The first-order valence-corrected chi connectivity index (χ1v) is 22.1. The summed E-state index contributed by atoms with van der Waals surface area (Å²) in [4.78, 5) is 0. The molecule has 284 valence electrons. The van der Waals surface area contributed by atoms with Gasteiger partial charge in [0, 0.05) is 14.2 Å². The zero-order valence-corrected chi connectivity index (χ0v) is 34.4. The van der Waals surface area contributed by atoms with E-state index in [1.165, 1.54) is 21.5 Å². The standard InChI is InChI=1S/C27H26BrO2P.C18H20N2O4/c1-29-26-19-18-22(20-27(26)30-2)21-31(28,23-12-6-3-7-13-23,24-14-8-4-9-15-24)25-16-10-5-11-17-25;1-20-15-9-12(5-7-14(15)18(19-20)23-4)13-6-8-16(24-11-21-2)17(10-13)22-3/h3-20H,21H2,1-2H3;5-10H,11H2,1-4H3. The summed E-state index contributed by atoms with van der Waals surface area (Å²) in [5, 5.41) is 6.19. The van der Waals surface area contributed by atoms with Crippen LogP contribution in [0.5, 0.6) is 28.9 Å². The van der Waals surface area contributed by atoms with E-state index in [1.807, 2.05) is 48.1 Å². The van der Waals surface area contributed by atoms with Gasteiger partial charge in [0.25, 0.3) is 0 Å². The van der Waals surface area contributed by atoms with Crippen molar-refractivity contribution in [3.05, 3.63) is 151 Å². The van der Waals surface area contributed by atoms with E-state index in [-0.39, 0.29) is 6.79 Å². The van der Waals surface area contributed by atoms with Crippen LogP contribution in [0.3, 0.4) is 0 Å². The fourth-order valence-corrected chi connectivity index (χ4v) is 14.6. The molecule has 0 radical (unpaired) electrons. The number of ether oxygens (including phenoxy) is 6. The van der Waals surface area contributed by atoms with Crippen LogP contribution in [0.25, 0.3) is 22.0 Å². The molecule has 0 N–H and O–H groups in total. The van der Waals surface area contributed by atoms with Crippen molar-refractivity contribution in [1.82, 2.24) is 9.78 Å². The molecule has 8 nitrogen and oxygen atoms in total. The molecule has 0 atom stereocenters. The number of benzene rings is 6. The molecule has 0 spiro atoms. The number of halogens is 1. The van der Waals surface area contributed by atoms with Crippen LogP contribution in [-0.2, 0) is 17.9 Å². The summed E-state index contributed by atoms with van der Waals surface area (Å²) in [6.45, 7) is 0.177. The normalized spacial score (nSPS) is 11.8. The molecule has 0 bridgehead atoms. The van der Waals surface area contributed by atoms with Crippen molar-refractivity contribution < 1.29 is 28.4 Å². The van der Waals surface area contributed by atoms with Gasteiger partial charge in [0.2, 0.25) is 5.88 Å². The number of fused-ring (bicyclic) bond motifs is 1. The van der Waals surface area contributed by atoms with Gasteiger partial charge in [-0.1, -0.05) is 12.1 Å². The molecular formula is C45H46BrN2O6P. The van der Waals surface area contributed by atoms with E-state index in [0.29, 0.717) is 17.4 Å². The van der Waals surface area contributed by atoms with Crippen molar-refractivity contribution >= 4 is 47.6 Å². The van der Waals surface area contributed by atoms with Crippen LogP contribution in [-0.4, -0.2) is 52.1 Å². The van der Waals surface area contributed by atoms with E-state index >= 15 is 0 Å². The van der Waals surface area contributed by atoms with E-state index in [1.54, 1.807) is 35.5 Å². The molecule has 7 aromatic rings. The zero-order chi connectivity index (χ0) is 38.9. The first kappa shape index (κ1) is 39.4. The van der Waals surface area contributed by atoms with Crippen LogP contribution >= 0.6 is 20.8 Å². The Balaban J connectivity index is 0.000000193. The van der Waals surface area contributed by atoms with Gasteiger partial charge in [-0.3, -0.25) is 4.68 Å². The van der Waals surface area contributed by atoms with Crippen LogP contribution < -0.4 is 39.6 Å². The third-order valence-corrected chi connectivity index (χ3v) is 19.2. The molecule has 0 fully saturated rings. The average Bonchev–Trinajstić information content (AvgIpc) is 3.58. The summed E-state index contributed by atoms with van der Waals surface area (Å²) >= 11 is 4.49. The second-order valence-corrected chi connectivity index (χ2v) is 21.7. The molecule has 0 amide bonds. The molecular weight excluding hydrogens is 775 g/mol. The van der Waals surface area contributed by atoms with Gasteiger partial charge in [0.05, 0.1) is 25.1 Å².